The molecule has 2 aliphatic heterocycles. The van der Waals surface area contributed by atoms with Gasteiger partial charge in [0.15, 0.2) is 0 Å². The number of rotatable bonds is 4. The maximum absolute atomic E-state index is 13.3. The average Bonchev–Trinajstić information content (AvgIpc) is 3.45. The number of benzene rings is 1. The van der Waals surface area contributed by atoms with Crippen LogP contribution in [0, 0.1) is 11.3 Å². The molecule has 9 heteroatoms. The standard InChI is InChI=1S/C24H28BN3O4S/c1-16(2)11-17-3-5-18(6-4-17)33(30,31)28-10-8-23(15-28)13-24(14-23)21-19-7-9-26-22(19)27-12-20(21)25(29)32-24/h3-7,9,12,16,29H,8,10-11,13-15H2,1-2H3,(H,26,27). The number of pyridine rings is 1. The highest BCUT2D eigenvalue weighted by Crippen LogP contribution is 2.62. The quantitative estimate of drug-likeness (QED) is 0.578. The van der Waals surface area contributed by atoms with Crippen molar-refractivity contribution in [1.82, 2.24) is 14.3 Å². The van der Waals surface area contributed by atoms with E-state index in [-0.39, 0.29) is 5.41 Å². The number of sulfonamides is 1. The van der Waals surface area contributed by atoms with E-state index in [1.54, 1.807) is 22.6 Å². The molecule has 1 aliphatic carbocycles. The lowest BCUT2D eigenvalue weighted by Gasteiger charge is -2.53. The molecule has 7 nitrogen and oxygen atoms in total. The van der Waals surface area contributed by atoms with E-state index in [4.69, 9.17) is 4.65 Å². The van der Waals surface area contributed by atoms with Gasteiger partial charge >= 0.3 is 7.12 Å². The molecule has 1 saturated carbocycles. The van der Waals surface area contributed by atoms with E-state index in [9.17, 15) is 13.4 Å². The first-order valence-electron chi connectivity index (χ1n) is 11.6. The zero-order valence-electron chi connectivity index (χ0n) is 18.9. The lowest BCUT2D eigenvalue weighted by molar-refractivity contribution is -0.108. The first kappa shape index (κ1) is 21.3. The molecule has 2 fully saturated rings. The molecule has 0 amide bonds. The van der Waals surface area contributed by atoms with Gasteiger partial charge in [-0.15, -0.1) is 0 Å². The summed E-state index contributed by atoms with van der Waals surface area (Å²) in [7, 11) is -4.53. The number of aromatic amines is 1. The summed E-state index contributed by atoms with van der Waals surface area (Å²) in [5.41, 5.74) is 2.97. The lowest BCUT2D eigenvalue weighted by Crippen LogP contribution is -2.52. The van der Waals surface area contributed by atoms with Gasteiger partial charge < -0.3 is 14.7 Å². The van der Waals surface area contributed by atoms with Crippen LogP contribution in [0.2, 0.25) is 0 Å². The van der Waals surface area contributed by atoms with Crippen LogP contribution in [0.3, 0.4) is 0 Å². The molecule has 33 heavy (non-hydrogen) atoms. The van der Waals surface area contributed by atoms with Gasteiger partial charge in [-0.3, -0.25) is 0 Å². The van der Waals surface area contributed by atoms with Crippen molar-refractivity contribution in [3.8, 4) is 0 Å². The normalized spacial score (nSPS) is 27.2. The summed E-state index contributed by atoms with van der Waals surface area (Å²) in [6, 6.07) is 9.31. The molecule has 0 bridgehead atoms. The molecular formula is C24H28BN3O4S. The Bertz CT molecular complexity index is 1330. The van der Waals surface area contributed by atoms with Crippen LogP contribution in [0.25, 0.3) is 11.0 Å². The summed E-state index contributed by atoms with van der Waals surface area (Å²) in [4.78, 5) is 7.89. The van der Waals surface area contributed by atoms with Crippen molar-refractivity contribution in [3.63, 3.8) is 0 Å². The Kier molecular flexibility index (Phi) is 4.63. The smallest absolute Gasteiger partial charge is 0.423 e. The second-order valence-electron chi connectivity index (χ2n) is 10.5. The van der Waals surface area contributed by atoms with Crippen LogP contribution in [0.4, 0.5) is 0 Å². The van der Waals surface area contributed by atoms with Gasteiger partial charge in [0.1, 0.15) is 5.65 Å². The van der Waals surface area contributed by atoms with Crippen molar-refractivity contribution in [2.24, 2.45) is 11.3 Å². The fraction of sp³-hybridized carbons (Fsp3) is 0.458. The van der Waals surface area contributed by atoms with E-state index >= 15 is 0 Å². The second kappa shape index (κ2) is 7.15. The van der Waals surface area contributed by atoms with Crippen molar-refractivity contribution < 1.29 is 18.1 Å². The van der Waals surface area contributed by atoms with E-state index in [0.29, 0.717) is 36.7 Å². The largest absolute Gasteiger partial charge is 0.493 e. The third-order valence-corrected chi connectivity index (χ3v) is 9.46. The Morgan fingerprint density at radius 1 is 1.24 bits per heavy atom. The highest BCUT2D eigenvalue weighted by Gasteiger charge is 2.64. The molecule has 1 saturated heterocycles. The second-order valence-corrected chi connectivity index (χ2v) is 12.4. The lowest BCUT2D eigenvalue weighted by atomic mass is 9.56. The fourth-order valence-electron chi connectivity index (χ4n) is 6.28. The molecule has 3 aliphatic rings. The van der Waals surface area contributed by atoms with Crippen molar-refractivity contribution in [1.29, 1.82) is 0 Å². The topological polar surface area (TPSA) is 95.5 Å². The molecule has 0 unspecified atom stereocenters. The van der Waals surface area contributed by atoms with Gasteiger partial charge in [-0.1, -0.05) is 26.0 Å². The van der Waals surface area contributed by atoms with Gasteiger partial charge in [0, 0.05) is 36.3 Å². The van der Waals surface area contributed by atoms with E-state index in [2.05, 4.69) is 23.8 Å². The maximum atomic E-state index is 13.3. The van der Waals surface area contributed by atoms with Crippen LogP contribution >= 0.6 is 0 Å². The maximum Gasteiger partial charge on any atom is 0.493 e. The molecule has 0 radical (unpaired) electrons. The van der Waals surface area contributed by atoms with Crippen LogP contribution in [0.1, 0.15) is 44.2 Å². The van der Waals surface area contributed by atoms with Crippen LogP contribution < -0.4 is 5.46 Å². The molecule has 4 heterocycles. The van der Waals surface area contributed by atoms with Crippen molar-refractivity contribution in [3.05, 3.63) is 53.9 Å². The summed E-state index contributed by atoms with van der Waals surface area (Å²) in [6.07, 6.45) is 6.68. The monoisotopic (exact) mass is 465 g/mol. The highest BCUT2D eigenvalue weighted by atomic mass is 32.2. The molecule has 3 aromatic rings. The summed E-state index contributed by atoms with van der Waals surface area (Å²) in [6.45, 7) is 5.31. The Morgan fingerprint density at radius 2 is 2.00 bits per heavy atom. The van der Waals surface area contributed by atoms with Crippen LogP contribution in [0.5, 0.6) is 0 Å². The van der Waals surface area contributed by atoms with E-state index < -0.39 is 22.7 Å². The Labute approximate surface area is 194 Å². The molecule has 2 aromatic heterocycles. The predicted octanol–water partition coefficient (Wildman–Crippen LogP) is 2.55. The molecular weight excluding hydrogens is 437 g/mol. The van der Waals surface area contributed by atoms with E-state index in [1.807, 2.05) is 24.4 Å². The average molecular weight is 465 g/mol. The number of hydrogen-bond acceptors (Lipinski definition) is 5. The zero-order chi connectivity index (χ0) is 23.0. The molecule has 6 rings (SSSR count). The number of aromatic nitrogens is 2. The summed E-state index contributed by atoms with van der Waals surface area (Å²) in [5, 5.41) is 11.5. The van der Waals surface area contributed by atoms with Crippen molar-refractivity contribution in [2.45, 2.75) is 50.0 Å². The number of fused-ring (bicyclic) bond motifs is 4. The Balaban J connectivity index is 1.23. The van der Waals surface area contributed by atoms with Crippen LogP contribution in [-0.4, -0.2) is 47.9 Å². The molecule has 172 valence electrons. The van der Waals surface area contributed by atoms with Gasteiger partial charge in [0.2, 0.25) is 10.0 Å². The molecule has 1 aromatic carbocycles. The number of nitrogens with zero attached hydrogens (tertiary/aromatic N) is 2. The minimum absolute atomic E-state index is 0.127. The van der Waals surface area contributed by atoms with Gasteiger partial charge in [-0.2, -0.15) is 4.31 Å². The minimum Gasteiger partial charge on any atom is -0.423 e. The third-order valence-electron chi connectivity index (χ3n) is 7.60. The van der Waals surface area contributed by atoms with Crippen LogP contribution in [-0.2, 0) is 26.7 Å². The summed E-state index contributed by atoms with van der Waals surface area (Å²) in [5.74, 6) is 0.529. The first-order chi connectivity index (χ1) is 15.7. The van der Waals surface area contributed by atoms with Gasteiger partial charge in [0.05, 0.1) is 10.5 Å². The molecule has 2 spiro atoms. The zero-order valence-corrected chi connectivity index (χ0v) is 19.7. The van der Waals surface area contributed by atoms with Crippen molar-refractivity contribution in [2.75, 3.05) is 13.1 Å². The van der Waals surface area contributed by atoms with Gasteiger partial charge in [0.25, 0.3) is 0 Å². The summed E-state index contributed by atoms with van der Waals surface area (Å²) >= 11 is 0. The van der Waals surface area contributed by atoms with Gasteiger partial charge in [-0.05, 0) is 66.3 Å². The van der Waals surface area contributed by atoms with E-state index in [0.717, 1.165) is 40.5 Å². The predicted molar refractivity (Wildman–Crippen MR) is 126 cm³/mol. The number of H-pyrrole nitrogens is 1. The number of hydrogen-bond donors (Lipinski definition) is 2. The van der Waals surface area contributed by atoms with Crippen LogP contribution in [0.15, 0.2) is 47.6 Å². The SMILES string of the molecule is CC(C)Cc1ccc(S(=O)(=O)N2CCC3(C2)CC2(C3)OB(O)c3cnc4[nH]ccc4c32)cc1. The fourth-order valence-corrected chi connectivity index (χ4v) is 7.83. The minimum atomic E-state index is -3.54. The molecule has 0 atom stereocenters. The number of nitrogens with one attached hydrogen (secondary N) is 1. The van der Waals surface area contributed by atoms with E-state index in [1.165, 1.54) is 0 Å². The third kappa shape index (κ3) is 3.20. The highest BCUT2D eigenvalue weighted by molar-refractivity contribution is 7.89. The van der Waals surface area contributed by atoms with Gasteiger partial charge in [-0.25, -0.2) is 13.4 Å². The Morgan fingerprint density at radius 3 is 2.73 bits per heavy atom. The molecule has 2 N–H and O–H groups in total. The first-order valence-corrected chi connectivity index (χ1v) is 13.1. The Hall–Kier alpha value is -2.20. The van der Waals surface area contributed by atoms with Crippen molar-refractivity contribution >= 4 is 33.6 Å². The summed E-state index contributed by atoms with van der Waals surface area (Å²) < 4.78 is 34.4.